The van der Waals surface area contributed by atoms with Crippen molar-refractivity contribution in [1.82, 2.24) is 14.9 Å². The number of hydrogen-bond acceptors (Lipinski definition) is 5. The second kappa shape index (κ2) is 5.70. The fourth-order valence-electron chi connectivity index (χ4n) is 2.22. The molecule has 1 saturated carbocycles. The molecular weight excluding hydrogens is 318 g/mol. The van der Waals surface area contributed by atoms with E-state index >= 15 is 0 Å². The van der Waals surface area contributed by atoms with E-state index in [-0.39, 0.29) is 16.7 Å². The molecule has 2 heterocycles. The standard InChI is InChI=1S/C15H19N3O2S2/c1-7-8(2)21-13-11(7)14(20)18(4)15(17-13)22-9(3)12(19)16-10-5-6-10/h9-10H,5-6H2,1-4H3,(H,16,19). The zero-order valence-electron chi connectivity index (χ0n) is 13.1. The quantitative estimate of drug-likeness (QED) is 0.687. The molecule has 0 aromatic carbocycles. The first-order valence-corrected chi connectivity index (χ1v) is 9.02. The van der Waals surface area contributed by atoms with Crippen molar-refractivity contribution in [1.29, 1.82) is 0 Å². The molecule has 1 aliphatic rings. The predicted octanol–water partition coefficient (Wildman–Crippen LogP) is 2.37. The van der Waals surface area contributed by atoms with Crippen LogP contribution in [0.15, 0.2) is 9.95 Å². The van der Waals surface area contributed by atoms with Gasteiger partial charge in [0.15, 0.2) is 5.16 Å². The third kappa shape index (κ3) is 2.79. The molecule has 0 bridgehead atoms. The van der Waals surface area contributed by atoms with Crippen LogP contribution in [0.2, 0.25) is 0 Å². The highest BCUT2D eigenvalue weighted by Crippen LogP contribution is 2.29. The van der Waals surface area contributed by atoms with Crippen molar-refractivity contribution in [2.45, 2.75) is 50.1 Å². The average molecular weight is 337 g/mol. The molecule has 1 amide bonds. The molecule has 1 aliphatic carbocycles. The van der Waals surface area contributed by atoms with Gasteiger partial charge in [-0.15, -0.1) is 11.3 Å². The number of aromatic nitrogens is 2. The predicted molar refractivity (Wildman–Crippen MR) is 90.8 cm³/mol. The van der Waals surface area contributed by atoms with E-state index in [2.05, 4.69) is 10.3 Å². The van der Waals surface area contributed by atoms with Crippen molar-refractivity contribution >= 4 is 39.2 Å². The van der Waals surface area contributed by atoms with Crippen molar-refractivity contribution in [3.8, 4) is 0 Å². The third-order valence-corrected chi connectivity index (χ3v) is 6.19. The number of aryl methyl sites for hydroxylation is 2. The lowest BCUT2D eigenvalue weighted by atomic mass is 10.2. The van der Waals surface area contributed by atoms with Gasteiger partial charge in [-0.25, -0.2) is 4.98 Å². The molecule has 118 valence electrons. The largest absolute Gasteiger partial charge is 0.352 e. The Bertz CT molecular complexity index is 805. The molecule has 0 spiro atoms. The number of amides is 1. The van der Waals surface area contributed by atoms with Gasteiger partial charge in [0.1, 0.15) is 4.83 Å². The Hall–Kier alpha value is -1.34. The Morgan fingerprint density at radius 2 is 2.14 bits per heavy atom. The summed E-state index contributed by atoms with van der Waals surface area (Å²) in [4.78, 5) is 31.1. The maximum absolute atomic E-state index is 12.5. The zero-order valence-corrected chi connectivity index (χ0v) is 14.7. The van der Waals surface area contributed by atoms with Gasteiger partial charge in [-0.1, -0.05) is 11.8 Å². The van der Waals surface area contributed by atoms with Crippen LogP contribution in [-0.4, -0.2) is 26.8 Å². The summed E-state index contributed by atoms with van der Waals surface area (Å²) in [7, 11) is 1.72. The molecular formula is C15H19N3O2S2. The number of carbonyl (C=O) groups is 1. The van der Waals surface area contributed by atoms with Crippen LogP contribution in [0.3, 0.4) is 0 Å². The SMILES string of the molecule is Cc1sc2nc(SC(C)C(=O)NC3CC3)n(C)c(=O)c2c1C. The van der Waals surface area contributed by atoms with Crippen LogP contribution in [0.4, 0.5) is 0 Å². The molecule has 0 saturated heterocycles. The van der Waals surface area contributed by atoms with E-state index in [1.807, 2.05) is 20.8 Å². The van der Waals surface area contributed by atoms with Crippen LogP contribution in [0.5, 0.6) is 0 Å². The van der Waals surface area contributed by atoms with E-state index in [0.29, 0.717) is 16.6 Å². The average Bonchev–Trinajstić information content (AvgIpc) is 3.22. The van der Waals surface area contributed by atoms with E-state index in [4.69, 9.17) is 0 Å². The third-order valence-electron chi connectivity index (χ3n) is 3.94. The maximum atomic E-state index is 12.5. The number of carbonyl (C=O) groups excluding carboxylic acids is 1. The number of nitrogens with one attached hydrogen (secondary N) is 1. The molecule has 1 atom stereocenters. The number of thiophene rings is 1. The Morgan fingerprint density at radius 1 is 1.45 bits per heavy atom. The summed E-state index contributed by atoms with van der Waals surface area (Å²) >= 11 is 2.87. The molecule has 0 radical (unpaired) electrons. The second-order valence-electron chi connectivity index (χ2n) is 5.76. The van der Waals surface area contributed by atoms with Crippen LogP contribution in [0.1, 0.15) is 30.2 Å². The summed E-state index contributed by atoms with van der Waals surface area (Å²) in [5.74, 6) is 0.0142. The summed E-state index contributed by atoms with van der Waals surface area (Å²) in [6, 6.07) is 0.345. The first-order valence-electron chi connectivity index (χ1n) is 7.32. The lowest BCUT2D eigenvalue weighted by molar-refractivity contribution is -0.120. The Labute approximate surface area is 137 Å². The lowest BCUT2D eigenvalue weighted by Gasteiger charge is -2.13. The van der Waals surface area contributed by atoms with E-state index in [1.54, 1.807) is 11.6 Å². The first-order chi connectivity index (χ1) is 10.4. The Kier molecular flexibility index (Phi) is 4.03. The minimum Gasteiger partial charge on any atom is -0.352 e. The first kappa shape index (κ1) is 15.6. The van der Waals surface area contributed by atoms with E-state index in [0.717, 1.165) is 28.1 Å². The molecule has 1 unspecified atom stereocenters. The normalized spacial score (nSPS) is 16.0. The smallest absolute Gasteiger partial charge is 0.262 e. The fraction of sp³-hybridized carbons (Fsp3) is 0.533. The number of hydrogen-bond donors (Lipinski definition) is 1. The molecule has 7 heteroatoms. The minimum atomic E-state index is -0.265. The molecule has 22 heavy (non-hydrogen) atoms. The topological polar surface area (TPSA) is 64.0 Å². The molecule has 1 N–H and O–H groups in total. The number of thioether (sulfide) groups is 1. The van der Waals surface area contributed by atoms with Gasteiger partial charge in [0.05, 0.1) is 10.6 Å². The summed E-state index contributed by atoms with van der Waals surface area (Å²) in [6.45, 7) is 5.80. The van der Waals surface area contributed by atoms with Gasteiger partial charge in [0.25, 0.3) is 5.56 Å². The van der Waals surface area contributed by atoms with Gasteiger partial charge in [-0.3, -0.25) is 14.2 Å². The zero-order chi connectivity index (χ0) is 16.0. The summed E-state index contributed by atoms with van der Waals surface area (Å²) in [5, 5.41) is 4.01. The van der Waals surface area contributed by atoms with Crippen molar-refractivity contribution in [2.24, 2.45) is 7.05 Å². The minimum absolute atomic E-state index is 0.0142. The van der Waals surface area contributed by atoms with E-state index < -0.39 is 0 Å². The van der Waals surface area contributed by atoms with Gasteiger partial charge < -0.3 is 5.32 Å². The summed E-state index contributed by atoms with van der Waals surface area (Å²) in [5.41, 5.74) is 0.966. The van der Waals surface area contributed by atoms with Crippen LogP contribution in [0.25, 0.3) is 10.2 Å². The Balaban J connectivity index is 1.91. The molecule has 1 fully saturated rings. The lowest BCUT2D eigenvalue weighted by Crippen LogP contribution is -2.33. The van der Waals surface area contributed by atoms with E-state index in [1.165, 1.54) is 23.1 Å². The highest BCUT2D eigenvalue weighted by Gasteiger charge is 2.27. The van der Waals surface area contributed by atoms with Crippen LogP contribution in [0, 0.1) is 13.8 Å². The van der Waals surface area contributed by atoms with Gasteiger partial charge in [0, 0.05) is 18.0 Å². The van der Waals surface area contributed by atoms with Crippen molar-refractivity contribution in [2.75, 3.05) is 0 Å². The van der Waals surface area contributed by atoms with Gasteiger partial charge in [-0.05, 0) is 39.2 Å². The van der Waals surface area contributed by atoms with Crippen LogP contribution >= 0.6 is 23.1 Å². The number of nitrogens with zero attached hydrogens (tertiary/aromatic N) is 2. The van der Waals surface area contributed by atoms with Gasteiger partial charge in [0.2, 0.25) is 5.91 Å². The maximum Gasteiger partial charge on any atom is 0.262 e. The van der Waals surface area contributed by atoms with Crippen LogP contribution in [-0.2, 0) is 11.8 Å². The molecule has 2 aromatic rings. The highest BCUT2D eigenvalue weighted by molar-refractivity contribution is 8.00. The molecule has 0 aliphatic heterocycles. The highest BCUT2D eigenvalue weighted by atomic mass is 32.2. The second-order valence-corrected chi connectivity index (χ2v) is 8.28. The van der Waals surface area contributed by atoms with Gasteiger partial charge >= 0.3 is 0 Å². The van der Waals surface area contributed by atoms with Crippen molar-refractivity contribution in [3.63, 3.8) is 0 Å². The monoisotopic (exact) mass is 337 g/mol. The van der Waals surface area contributed by atoms with Crippen molar-refractivity contribution in [3.05, 3.63) is 20.8 Å². The van der Waals surface area contributed by atoms with Gasteiger partial charge in [-0.2, -0.15) is 0 Å². The molecule has 5 nitrogen and oxygen atoms in total. The Morgan fingerprint density at radius 3 is 2.77 bits per heavy atom. The number of rotatable bonds is 4. The summed E-state index contributed by atoms with van der Waals surface area (Å²) < 4.78 is 1.55. The summed E-state index contributed by atoms with van der Waals surface area (Å²) in [6.07, 6.45) is 2.14. The fourth-order valence-corrected chi connectivity index (χ4v) is 4.17. The van der Waals surface area contributed by atoms with Crippen molar-refractivity contribution < 1.29 is 4.79 Å². The molecule has 3 rings (SSSR count). The van der Waals surface area contributed by atoms with E-state index in [9.17, 15) is 9.59 Å². The van der Waals surface area contributed by atoms with Crippen LogP contribution < -0.4 is 10.9 Å². The molecule has 2 aromatic heterocycles. The number of fused-ring (bicyclic) bond motifs is 1.